The van der Waals surface area contributed by atoms with Gasteiger partial charge in [-0.15, -0.1) is 0 Å². The molecule has 0 amide bonds. The molecule has 3 rings (SSSR count). The minimum Gasteiger partial charge on any atom is -0.444 e. The summed E-state index contributed by atoms with van der Waals surface area (Å²) in [6.07, 6.45) is -2.71. The lowest BCUT2D eigenvalue weighted by Gasteiger charge is -2.10. The molecular formula is C23H25F3N4O2. The van der Waals surface area contributed by atoms with E-state index < -0.39 is 12.8 Å². The first-order chi connectivity index (χ1) is 15.4. The van der Waals surface area contributed by atoms with Crippen molar-refractivity contribution in [3.8, 4) is 11.5 Å². The van der Waals surface area contributed by atoms with E-state index in [1.54, 1.807) is 18.4 Å². The van der Waals surface area contributed by atoms with Crippen LogP contribution in [0, 0.1) is 0 Å². The Kier molecular flexibility index (Phi) is 8.27. The molecule has 2 aromatic carbocycles. The fourth-order valence-electron chi connectivity index (χ4n) is 2.81. The van der Waals surface area contributed by atoms with E-state index >= 15 is 0 Å². The SMILES string of the molecule is CCNC(=NCc1ccc(COCC(F)(F)F)cc1)NCc1coc(-c2ccccc2)n1. The fourth-order valence-corrected chi connectivity index (χ4v) is 2.81. The number of oxazole rings is 1. The third kappa shape index (κ3) is 7.73. The maximum atomic E-state index is 12.2. The lowest BCUT2D eigenvalue weighted by atomic mass is 10.1. The minimum atomic E-state index is -4.32. The highest BCUT2D eigenvalue weighted by Gasteiger charge is 2.27. The number of hydrogen-bond donors (Lipinski definition) is 2. The van der Waals surface area contributed by atoms with Gasteiger partial charge in [0.25, 0.3) is 0 Å². The van der Waals surface area contributed by atoms with Gasteiger partial charge in [-0.2, -0.15) is 13.2 Å². The largest absolute Gasteiger partial charge is 0.444 e. The standard InChI is InChI=1S/C23H25F3N4O2/c1-2-27-22(29-13-20-15-32-21(30-20)19-6-4-3-5-7-19)28-12-17-8-10-18(11-9-17)14-31-16-23(24,25)26/h3-11,15H,2,12-14,16H2,1H3,(H2,27,28,29). The van der Waals surface area contributed by atoms with Gasteiger partial charge in [0.1, 0.15) is 12.9 Å². The summed E-state index contributed by atoms with van der Waals surface area (Å²) in [5, 5.41) is 6.38. The number of halogens is 3. The Labute approximate surface area is 184 Å². The van der Waals surface area contributed by atoms with Crippen molar-refractivity contribution in [2.24, 2.45) is 4.99 Å². The normalized spacial score (nSPS) is 12.1. The second-order valence-corrected chi connectivity index (χ2v) is 6.98. The lowest BCUT2D eigenvalue weighted by Crippen LogP contribution is -2.36. The first-order valence-electron chi connectivity index (χ1n) is 10.2. The molecule has 0 aliphatic heterocycles. The second kappa shape index (κ2) is 11.3. The molecule has 0 atom stereocenters. The number of aliphatic imine (C=N–C) groups is 1. The lowest BCUT2D eigenvalue weighted by molar-refractivity contribution is -0.176. The van der Waals surface area contributed by atoms with Crippen molar-refractivity contribution < 1.29 is 22.3 Å². The van der Waals surface area contributed by atoms with Crippen LogP contribution >= 0.6 is 0 Å². The Bertz CT molecular complexity index is 986. The predicted octanol–water partition coefficient (Wildman–Crippen LogP) is 4.68. The van der Waals surface area contributed by atoms with E-state index in [0.29, 0.717) is 37.0 Å². The Balaban J connectivity index is 1.52. The summed E-state index contributed by atoms with van der Waals surface area (Å²) >= 11 is 0. The van der Waals surface area contributed by atoms with Crippen molar-refractivity contribution in [2.75, 3.05) is 13.2 Å². The van der Waals surface area contributed by atoms with E-state index in [2.05, 4.69) is 25.3 Å². The van der Waals surface area contributed by atoms with Crippen LogP contribution < -0.4 is 10.6 Å². The molecule has 3 aromatic rings. The number of ether oxygens (including phenoxy) is 1. The fraction of sp³-hybridized carbons (Fsp3) is 0.304. The van der Waals surface area contributed by atoms with Crippen LogP contribution in [0.3, 0.4) is 0 Å². The van der Waals surface area contributed by atoms with Crippen molar-refractivity contribution in [3.63, 3.8) is 0 Å². The summed E-state index contributed by atoms with van der Waals surface area (Å²) in [7, 11) is 0. The van der Waals surface area contributed by atoms with Gasteiger partial charge in [-0.3, -0.25) is 0 Å². The molecule has 0 radical (unpaired) electrons. The molecule has 0 spiro atoms. The van der Waals surface area contributed by atoms with Crippen LogP contribution in [0.15, 0.2) is 70.3 Å². The Morgan fingerprint density at radius 3 is 2.44 bits per heavy atom. The van der Waals surface area contributed by atoms with Gasteiger partial charge in [0.05, 0.1) is 25.4 Å². The Morgan fingerprint density at radius 1 is 1.03 bits per heavy atom. The van der Waals surface area contributed by atoms with Crippen LogP contribution in [0.1, 0.15) is 23.7 Å². The monoisotopic (exact) mass is 446 g/mol. The van der Waals surface area contributed by atoms with E-state index in [1.165, 1.54) is 0 Å². The molecule has 9 heteroatoms. The third-order valence-electron chi connectivity index (χ3n) is 4.33. The summed E-state index contributed by atoms with van der Waals surface area (Å²) in [5.74, 6) is 1.18. The minimum absolute atomic E-state index is 0.0874. The second-order valence-electron chi connectivity index (χ2n) is 6.98. The number of aromatic nitrogens is 1. The van der Waals surface area contributed by atoms with Gasteiger partial charge < -0.3 is 19.8 Å². The van der Waals surface area contributed by atoms with Crippen molar-refractivity contribution in [1.29, 1.82) is 0 Å². The summed E-state index contributed by atoms with van der Waals surface area (Å²) < 4.78 is 46.7. The maximum absolute atomic E-state index is 12.2. The Hall–Kier alpha value is -3.33. The van der Waals surface area contributed by atoms with E-state index in [-0.39, 0.29) is 6.61 Å². The topological polar surface area (TPSA) is 71.7 Å². The first kappa shape index (κ1) is 23.3. The van der Waals surface area contributed by atoms with Gasteiger partial charge in [0, 0.05) is 12.1 Å². The number of hydrogen-bond acceptors (Lipinski definition) is 4. The summed E-state index contributed by atoms with van der Waals surface area (Å²) in [6, 6.07) is 16.8. The number of benzene rings is 2. The van der Waals surface area contributed by atoms with Crippen molar-refractivity contribution >= 4 is 5.96 Å². The van der Waals surface area contributed by atoms with Crippen molar-refractivity contribution in [3.05, 3.63) is 77.7 Å². The molecule has 170 valence electrons. The average Bonchev–Trinajstić information content (AvgIpc) is 3.25. The molecule has 0 aliphatic rings. The average molecular weight is 446 g/mol. The molecular weight excluding hydrogens is 421 g/mol. The molecule has 6 nitrogen and oxygen atoms in total. The molecule has 0 bridgehead atoms. The van der Waals surface area contributed by atoms with E-state index in [4.69, 9.17) is 4.42 Å². The molecule has 0 unspecified atom stereocenters. The zero-order chi connectivity index (χ0) is 22.8. The smallest absolute Gasteiger partial charge is 0.411 e. The highest BCUT2D eigenvalue weighted by atomic mass is 19.4. The number of guanidine groups is 1. The highest BCUT2D eigenvalue weighted by molar-refractivity contribution is 5.79. The van der Waals surface area contributed by atoms with Gasteiger partial charge in [0.2, 0.25) is 5.89 Å². The predicted molar refractivity (Wildman–Crippen MR) is 116 cm³/mol. The number of rotatable bonds is 9. The molecule has 32 heavy (non-hydrogen) atoms. The number of nitrogens with one attached hydrogen (secondary N) is 2. The van der Waals surface area contributed by atoms with Gasteiger partial charge in [0.15, 0.2) is 5.96 Å². The van der Waals surface area contributed by atoms with Crippen LogP contribution in [-0.2, 0) is 24.4 Å². The molecule has 0 saturated carbocycles. The molecule has 2 N–H and O–H groups in total. The zero-order valence-electron chi connectivity index (χ0n) is 17.7. The van der Waals surface area contributed by atoms with Crippen LogP contribution in [0.25, 0.3) is 11.5 Å². The molecule has 0 saturated heterocycles. The van der Waals surface area contributed by atoms with E-state index in [0.717, 1.165) is 16.8 Å². The van der Waals surface area contributed by atoms with Crippen LogP contribution in [0.4, 0.5) is 13.2 Å². The molecule has 0 aliphatic carbocycles. The maximum Gasteiger partial charge on any atom is 0.411 e. The number of nitrogens with zero attached hydrogens (tertiary/aromatic N) is 2. The third-order valence-corrected chi connectivity index (χ3v) is 4.33. The van der Waals surface area contributed by atoms with Crippen LogP contribution in [-0.4, -0.2) is 30.3 Å². The Morgan fingerprint density at radius 2 is 1.75 bits per heavy atom. The van der Waals surface area contributed by atoms with Gasteiger partial charge in [-0.1, -0.05) is 42.5 Å². The van der Waals surface area contributed by atoms with Gasteiger partial charge >= 0.3 is 6.18 Å². The summed E-state index contributed by atoms with van der Waals surface area (Å²) in [5.41, 5.74) is 3.26. The van der Waals surface area contributed by atoms with Gasteiger partial charge in [-0.25, -0.2) is 9.98 Å². The zero-order valence-corrected chi connectivity index (χ0v) is 17.7. The highest BCUT2D eigenvalue weighted by Crippen LogP contribution is 2.18. The molecule has 0 fully saturated rings. The number of alkyl halides is 3. The van der Waals surface area contributed by atoms with Crippen molar-refractivity contribution in [1.82, 2.24) is 15.6 Å². The van der Waals surface area contributed by atoms with Crippen LogP contribution in [0.2, 0.25) is 0 Å². The first-order valence-corrected chi connectivity index (χ1v) is 10.2. The quantitative estimate of drug-likeness (QED) is 0.369. The van der Waals surface area contributed by atoms with Crippen molar-refractivity contribution in [2.45, 2.75) is 32.8 Å². The summed E-state index contributed by atoms with van der Waals surface area (Å²) in [6.45, 7) is 2.17. The van der Waals surface area contributed by atoms with Gasteiger partial charge in [-0.05, 0) is 30.2 Å². The van der Waals surface area contributed by atoms with Crippen LogP contribution in [0.5, 0.6) is 0 Å². The van der Waals surface area contributed by atoms with E-state index in [9.17, 15) is 13.2 Å². The molecule has 1 heterocycles. The van der Waals surface area contributed by atoms with E-state index in [1.807, 2.05) is 49.4 Å². The summed E-state index contributed by atoms with van der Waals surface area (Å²) in [4.78, 5) is 9.03. The molecule has 1 aromatic heterocycles.